The first kappa shape index (κ1) is 16.0. The highest BCUT2D eigenvalue weighted by atomic mass is 19.1. The van der Waals surface area contributed by atoms with Crippen molar-refractivity contribution in [1.82, 2.24) is 14.9 Å². The number of halogens is 1. The smallest absolute Gasteiger partial charge is 0.251 e. The molecule has 0 bridgehead atoms. The average molecular weight is 345 g/mol. The minimum absolute atomic E-state index is 0.141. The van der Waals surface area contributed by atoms with E-state index >= 15 is 0 Å². The highest BCUT2D eigenvalue weighted by Crippen LogP contribution is 2.19. The molecule has 0 aliphatic rings. The maximum absolute atomic E-state index is 13.7. The summed E-state index contributed by atoms with van der Waals surface area (Å²) in [6.07, 6.45) is 1.74. The molecule has 4 rings (SSSR count). The number of hydrogen-bond donors (Lipinski definition) is 1. The second-order valence-electron chi connectivity index (χ2n) is 5.93. The Morgan fingerprint density at radius 1 is 1.00 bits per heavy atom. The third-order valence-corrected chi connectivity index (χ3v) is 4.24. The van der Waals surface area contributed by atoms with E-state index < -0.39 is 0 Å². The van der Waals surface area contributed by atoms with Crippen LogP contribution in [0.1, 0.15) is 15.9 Å². The van der Waals surface area contributed by atoms with Crippen LogP contribution in [0.5, 0.6) is 0 Å². The topological polar surface area (TPSA) is 46.9 Å². The van der Waals surface area contributed by atoms with Crippen LogP contribution in [0.25, 0.3) is 16.7 Å². The summed E-state index contributed by atoms with van der Waals surface area (Å²) in [6, 6.07) is 21.6. The number of rotatable bonds is 4. The minimum Gasteiger partial charge on any atom is -0.348 e. The van der Waals surface area contributed by atoms with Crippen molar-refractivity contribution in [3.05, 3.63) is 96.1 Å². The van der Waals surface area contributed by atoms with Gasteiger partial charge >= 0.3 is 0 Å². The fourth-order valence-corrected chi connectivity index (χ4v) is 2.87. The molecule has 0 aliphatic carbocycles. The Bertz CT molecular complexity index is 1070. The SMILES string of the molecule is O=C(NCc1ccccc1F)c1ccc2c(c1)ncn2-c1ccccc1. The van der Waals surface area contributed by atoms with Gasteiger partial charge in [-0.3, -0.25) is 9.36 Å². The Labute approximate surface area is 149 Å². The molecular formula is C21H16FN3O. The number of benzene rings is 3. The first-order valence-electron chi connectivity index (χ1n) is 8.26. The zero-order chi connectivity index (χ0) is 17.9. The summed E-state index contributed by atoms with van der Waals surface area (Å²) in [5.74, 6) is -0.589. The number of imidazole rings is 1. The highest BCUT2D eigenvalue weighted by Gasteiger charge is 2.11. The molecule has 0 radical (unpaired) electrons. The van der Waals surface area contributed by atoms with E-state index in [-0.39, 0.29) is 18.3 Å². The summed E-state index contributed by atoms with van der Waals surface area (Å²) < 4.78 is 15.6. The molecule has 0 unspecified atom stereocenters. The lowest BCUT2D eigenvalue weighted by atomic mass is 10.1. The second-order valence-corrected chi connectivity index (χ2v) is 5.93. The third-order valence-electron chi connectivity index (χ3n) is 4.24. The summed E-state index contributed by atoms with van der Waals surface area (Å²) in [5, 5.41) is 2.75. The molecule has 0 fully saturated rings. The summed E-state index contributed by atoms with van der Waals surface area (Å²) in [4.78, 5) is 16.8. The first-order valence-corrected chi connectivity index (χ1v) is 8.26. The van der Waals surface area contributed by atoms with Gasteiger partial charge in [0, 0.05) is 23.4 Å². The molecular weight excluding hydrogens is 329 g/mol. The normalized spacial score (nSPS) is 10.8. The van der Waals surface area contributed by atoms with Gasteiger partial charge in [0.15, 0.2) is 0 Å². The van der Waals surface area contributed by atoms with Gasteiger partial charge in [-0.05, 0) is 36.4 Å². The Morgan fingerprint density at radius 3 is 2.58 bits per heavy atom. The van der Waals surface area contributed by atoms with Gasteiger partial charge in [0.25, 0.3) is 5.91 Å². The Hall–Kier alpha value is -3.47. The first-order chi connectivity index (χ1) is 12.7. The van der Waals surface area contributed by atoms with Crippen molar-refractivity contribution in [3.8, 4) is 5.69 Å². The number of nitrogens with one attached hydrogen (secondary N) is 1. The van der Waals surface area contributed by atoms with Gasteiger partial charge in [0.2, 0.25) is 0 Å². The fourth-order valence-electron chi connectivity index (χ4n) is 2.87. The van der Waals surface area contributed by atoms with Crippen molar-refractivity contribution in [2.24, 2.45) is 0 Å². The van der Waals surface area contributed by atoms with Crippen LogP contribution in [0.3, 0.4) is 0 Å². The third kappa shape index (κ3) is 3.07. The molecule has 128 valence electrons. The Morgan fingerprint density at radius 2 is 1.77 bits per heavy atom. The lowest BCUT2D eigenvalue weighted by Crippen LogP contribution is -2.23. The number of hydrogen-bond acceptors (Lipinski definition) is 2. The van der Waals surface area contributed by atoms with E-state index in [1.807, 2.05) is 41.0 Å². The molecule has 4 nitrogen and oxygen atoms in total. The van der Waals surface area contributed by atoms with E-state index in [4.69, 9.17) is 0 Å². The van der Waals surface area contributed by atoms with Crippen LogP contribution in [0.15, 0.2) is 79.1 Å². The molecule has 1 N–H and O–H groups in total. The molecule has 1 heterocycles. The number of amides is 1. The van der Waals surface area contributed by atoms with Gasteiger partial charge in [0.05, 0.1) is 11.0 Å². The van der Waals surface area contributed by atoms with Crippen LogP contribution in [-0.2, 0) is 6.54 Å². The zero-order valence-corrected chi connectivity index (χ0v) is 13.9. The lowest BCUT2D eigenvalue weighted by Gasteiger charge is -2.07. The monoisotopic (exact) mass is 345 g/mol. The molecule has 1 amide bonds. The summed E-state index contributed by atoms with van der Waals surface area (Å²) in [7, 11) is 0. The molecule has 5 heteroatoms. The number of carbonyl (C=O) groups is 1. The van der Waals surface area contributed by atoms with Crippen molar-refractivity contribution in [2.75, 3.05) is 0 Å². The number of nitrogens with zero attached hydrogens (tertiary/aromatic N) is 2. The van der Waals surface area contributed by atoms with E-state index in [1.54, 1.807) is 36.7 Å². The van der Waals surface area contributed by atoms with Crippen LogP contribution in [-0.4, -0.2) is 15.5 Å². The van der Waals surface area contributed by atoms with Crippen LogP contribution < -0.4 is 5.32 Å². The molecule has 0 atom stereocenters. The molecule has 3 aromatic carbocycles. The predicted octanol–water partition coefficient (Wildman–Crippen LogP) is 4.09. The van der Waals surface area contributed by atoms with Gasteiger partial charge in [-0.15, -0.1) is 0 Å². The van der Waals surface area contributed by atoms with E-state index in [0.717, 1.165) is 16.7 Å². The van der Waals surface area contributed by atoms with Gasteiger partial charge in [-0.25, -0.2) is 9.37 Å². The number of fused-ring (bicyclic) bond motifs is 1. The predicted molar refractivity (Wildman–Crippen MR) is 98.6 cm³/mol. The van der Waals surface area contributed by atoms with Crippen LogP contribution in [0.4, 0.5) is 4.39 Å². The Kier molecular flexibility index (Phi) is 4.19. The molecule has 0 saturated carbocycles. The van der Waals surface area contributed by atoms with Gasteiger partial charge in [0.1, 0.15) is 12.1 Å². The standard InChI is InChI=1S/C21H16FN3O/c22-18-9-5-4-6-16(18)13-23-21(26)15-10-11-20-19(12-15)24-14-25(20)17-7-2-1-3-8-17/h1-12,14H,13H2,(H,23,26). The van der Waals surface area contributed by atoms with Crippen molar-refractivity contribution in [3.63, 3.8) is 0 Å². The lowest BCUT2D eigenvalue weighted by molar-refractivity contribution is 0.0950. The van der Waals surface area contributed by atoms with Crippen molar-refractivity contribution in [2.45, 2.75) is 6.54 Å². The molecule has 4 aromatic rings. The van der Waals surface area contributed by atoms with E-state index in [2.05, 4.69) is 10.3 Å². The summed E-state index contributed by atoms with van der Waals surface area (Å²) in [5.41, 5.74) is 3.60. The van der Waals surface area contributed by atoms with E-state index in [9.17, 15) is 9.18 Å². The molecule has 0 saturated heterocycles. The molecule has 26 heavy (non-hydrogen) atoms. The van der Waals surface area contributed by atoms with Crippen LogP contribution >= 0.6 is 0 Å². The average Bonchev–Trinajstić information content (AvgIpc) is 3.11. The maximum Gasteiger partial charge on any atom is 0.251 e. The van der Waals surface area contributed by atoms with Crippen molar-refractivity contribution in [1.29, 1.82) is 0 Å². The van der Waals surface area contributed by atoms with Crippen molar-refractivity contribution >= 4 is 16.9 Å². The molecule has 0 spiro atoms. The summed E-state index contributed by atoms with van der Waals surface area (Å²) in [6.45, 7) is 0.141. The number of carbonyl (C=O) groups excluding carboxylic acids is 1. The van der Waals surface area contributed by atoms with Gasteiger partial charge < -0.3 is 5.32 Å². The fraction of sp³-hybridized carbons (Fsp3) is 0.0476. The maximum atomic E-state index is 13.7. The van der Waals surface area contributed by atoms with Gasteiger partial charge in [-0.2, -0.15) is 0 Å². The number of para-hydroxylation sites is 1. The quantitative estimate of drug-likeness (QED) is 0.605. The largest absolute Gasteiger partial charge is 0.348 e. The van der Waals surface area contributed by atoms with E-state index in [1.165, 1.54) is 6.07 Å². The van der Waals surface area contributed by atoms with Crippen LogP contribution in [0.2, 0.25) is 0 Å². The molecule has 0 aliphatic heterocycles. The number of aromatic nitrogens is 2. The van der Waals surface area contributed by atoms with E-state index in [0.29, 0.717) is 11.1 Å². The molecule has 1 aromatic heterocycles. The second kappa shape index (κ2) is 6.80. The van der Waals surface area contributed by atoms with Crippen LogP contribution in [0, 0.1) is 5.82 Å². The minimum atomic E-state index is -0.329. The zero-order valence-electron chi connectivity index (χ0n) is 13.9. The highest BCUT2D eigenvalue weighted by molar-refractivity contribution is 5.97. The summed E-state index contributed by atoms with van der Waals surface area (Å²) >= 11 is 0. The van der Waals surface area contributed by atoms with Gasteiger partial charge in [-0.1, -0.05) is 36.4 Å². The Balaban J connectivity index is 1.56. The van der Waals surface area contributed by atoms with Crippen molar-refractivity contribution < 1.29 is 9.18 Å².